The van der Waals surface area contributed by atoms with Gasteiger partial charge in [0.15, 0.2) is 0 Å². The highest BCUT2D eigenvalue weighted by Gasteiger charge is 2.32. The van der Waals surface area contributed by atoms with Gasteiger partial charge in [0.1, 0.15) is 0 Å². The van der Waals surface area contributed by atoms with E-state index in [1.54, 1.807) is 6.07 Å². The summed E-state index contributed by atoms with van der Waals surface area (Å²) in [6.45, 7) is 5.52. The lowest BCUT2D eigenvalue weighted by atomic mass is 9.91. The lowest BCUT2D eigenvalue weighted by Gasteiger charge is -2.40. The van der Waals surface area contributed by atoms with E-state index < -0.39 is 0 Å². The first kappa shape index (κ1) is 25.7. The van der Waals surface area contributed by atoms with Crippen molar-refractivity contribution in [2.45, 2.75) is 51.7 Å². The molecule has 1 N–H and O–H groups in total. The second-order valence-electron chi connectivity index (χ2n) is 10.1. The van der Waals surface area contributed by atoms with Crippen molar-refractivity contribution in [3.63, 3.8) is 0 Å². The number of pyridine rings is 1. The van der Waals surface area contributed by atoms with Crippen LogP contribution in [0.4, 0.5) is 0 Å². The van der Waals surface area contributed by atoms with Gasteiger partial charge in [0, 0.05) is 52.4 Å². The Morgan fingerprint density at radius 2 is 1.78 bits per heavy atom. The fourth-order valence-corrected chi connectivity index (χ4v) is 5.95. The molecule has 1 fully saturated rings. The normalized spacial score (nSPS) is 17.8. The standard InChI is InChI=1S/C31H31Cl2N3O/c1-20-13-21(2)15-24(14-20)31(37)36-12-10-26(18-27(36)16-22-7-8-25(32)17-29(22)33)35-19-23-9-11-34-30-6-4-3-5-28(23)30/h3-9,11,13-15,17,26-27,35H,10,12,16,18-19H2,1-2H3/t26-,27+/m0/s1. The average molecular weight is 533 g/mol. The van der Waals surface area contributed by atoms with E-state index in [9.17, 15) is 4.79 Å². The summed E-state index contributed by atoms with van der Waals surface area (Å²) in [5.41, 5.74) is 6.19. The molecule has 3 aromatic carbocycles. The predicted molar refractivity (Wildman–Crippen MR) is 153 cm³/mol. The van der Waals surface area contributed by atoms with Crippen LogP contribution in [0.3, 0.4) is 0 Å². The number of amides is 1. The Labute approximate surface area is 228 Å². The van der Waals surface area contributed by atoms with Gasteiger partial charge in [0.25, 0.3) is 5.91 Å². The number of nitrogens with zero attached hydrogens (tertiary/aromatic N) is 2. The monoisotopic (exact) mass is 531 g/mol. The number of fused-ring (bicyclic) bond motifs is 1. The summed E-state index contributed by atoms with van der Waals surface area (Å²) < 4.78 is 0. The molecule has 2 heterocycles. The second-order valence-corrected chi connectivity index (χ2v) is 10.9. The number of piperidine rings is 1. The molecule has 1 aliphatic rings. The molecule has 190 valence electrons. The number of likely N-dealkylation sites (tertiary alicyclic amines) is 1. The van der Waals surface area contributed by atoms with Gasteiger partial charge in [-0.15, -0.1) is 0 Å². The van der Waals surface area contributed by atoms with E-state index in [4.69, 9.17) is 23.2 Å². The molecule has 0 unspecified atom stereocenters. The van der Waals surface area contributed by atoms with Crippen molar-refractivity contribution < 1.29 is 4.79 Å². The third-order valence-electron chi connectivity index (χ3n) is 7.24. The van der Waals surface area contributed by atoms with Crippen molar-refractivity contribution in [2.75, 3.05) is 6.54 Å². The van der Waals surface area contributed by atoms with Crippen LogP contribution in [0.2, 0.25) is 10.0 Å². The number of halogens is 2. The Hall–Kier alpha value is -2.92. The maximum atomic E-state index is 13.7. The molecule has 4 aromatic rings. The van der Waals surface area contributed by atoms with Crippen LogP contribution >= 0.6 is 23.2 Å². The summed E-state index contributed by atoms with van der Waals surface area (Å²) in [7, 11) is 0. The maximum Gasteiger partial charge on any atom is 0.254 e. The van der Waals surface area contributed by atoms with E-state index in [0.29, 0.717) is 23.0 Å². The number of carbonyl (C=O) groups excluding carboxylic acids is 1. The molecule has 2 atom stereocenters. The van der Waals surface area contributed by atoms with Crippen molar-refractivity contribution in [1.29, 1.82) is 0 Å². The molecule has 6 heteroatoms. The van der Waals surface area contributed by atoms with Crippen molar-refractivity contribution in [1.82, 2.24) is 15.2 Å². The molecule has 0 bridgehead atoms. The van der Waals surface area contributed by atoms with Gasteiger partial charge in [0.2, 0.25) is 0 Å². The zero-order chi connectivity index (χ0) is 25.9. The summed E-state index contributed by atoms with van der Waals surface area (Å²) in [5.74, 6) is 0.0838. The highest BCUT2D eigenvalue weighted by molar-refractivity contribution is 6.35. The molecule has 1 saturated heterocycles. The van der Waals surface area contributed by atoms with Crippen LogP contribution in [0.1, 0.15) is 45.5 Å². The minimum absolute atomic E-state index is 0.0208. The van der Waals surface area contributed by atoms with E-state index in [1.807, 2.05) is 61.3 Å². The molecule has 1 aromatic heterocycles. The molecule has 5 rings (SSSR count). The first-order valence-corrected chi connectivity index (χ1v) is 13.5. The first-order valence-electron chi connectivity index (χ1n) is 12.8. The third kappa shape index (κ3) is 5.98. The number of aryl methyl sites for hydroxylation is 2. The summed E-state index contributed by atoms with van der Waals surface area (Å²) in [6, 6.07) is 22.3. The number of benzene rings is 3. The number of para-hydroxylation sites is 1. The van der Waals surface area contributed by atoms with Crippen LogP contribution < -0.4 is 5.32 Å². The van der Waals surface area contributed by atoms with Gasteiger partial charge < -0.3 is 10.2 Å². The van der Waals surface area contributed by atoms with Crippen molar-refractivity contribution in [2.24, 2.45) is 0 Å². The van der Waals surface area contributed by atoms with E-state index in [2.05, 4.69) is 34.6 Å². The van der Waals surface area contributed by atoms with Crippen molar-refractivity contribution in [3.8, 4) is 0 Å². The summed E-state index contributed by atoms with van der Waals surface area (Å²) in [6.07, 6.45) is 4.29. The van der Waals surface area contributed by atoms with Gasteiger partial charge in [-0.1, -0.05) is 64.7 Å². The number of aromatic nitrogens is 1. The molecular formula is C31H31Cl2N3O. The largest absolute Gasteiger partial charge is 0.335 e. The number of carbonyl (C=O) groups is 1. The molecule has 37 heavy (non-hydrogen) atoms. The lowest BCUT2D eigenvalue weighted by Crippen LogP contribution is -2.51. The number of hydrogen-bond donors (Lipinski definition) is 1. The van der Waals surface area contributed by atoms with Crippen LogP contribution in [-0.2, 0) is 13.0 Å². The lowest BCUT2D eigenvalue weighted by molar-refractivity contribution is 0.0576. The Kier molecular flexibility index (Phi) is 7.80. The summed E-state index contributed by atoms with van der Waals surface area (Å²) in [4.78, 5) is 20.2. The molecule has 0 saturated carbocycles. The topological polar surface area (TPSA) is 45.2 Å². The maximum absolute atomic E-state index is 13.7. The van der Waals surface area contributed by atoms with Gasteiger partial charge in [0.05, 0.1) is 5.52 Å². The fourth-order valence-electron chi connectivity index (χ4n) is 5.47. The molecular weight excluding hydrogens is 501 g/mol. The zero-order valence-electron chi connectivity index (χ0n) is 21.2. The smallest absolute Gasteiger partial charge is 0.254 e. The molecule has 0 radical (unpaired) electrons. The predicted octanol–water partition coefficient (Wildman–Crippen LogP) is 7.16. The van der Waals surface area contributed by atoms with Crippen LogP contribution in [0.5, 0.6) is 0 Å². The van der Waals surface area contributed by atoms with Crippen LogP contribution in [0.25, 0.3) is 10.9 Å². The zero-order valence-corrected chi connectivity index (χ0v) is 22.7. The van der Waals surface area contributed by atoms with E-state index in [1.165, 1.54) is 10.9 Å². The molecule has 1 aliphatic heterocycles. The SMILES string of the molecule is Cc1cc(C)cc(C(=O)N2CC[C@H](NCc3ccnc4ccccc34)C[C@H]2Cc2ccc(Cl)cc2Cl)c1. The summed E-state index contributed by atoms with van der Waals surface area (Å²) >= 11 is 12.7. The number of rotatable bonds is 6. The van der Waals surface area contributed by atoms with Crippen LogP contribution in [0, 0.1) is 13.8 Å². The van der Waals surface area contributed by atoms with Crippen molar-refractivity contribution in [3.05, 3.63) is 111 Å². The van der Waals surface area contributed by atoms with Crippen LogP contribution in [0.15, 0.2) is 72.9 Å². The van der Waals surface area contributed by atoms with E-state index in [-0.39, 0.29) is 18.0 Å². The second kappa shape index (κ2) is 11.2. The van der Waals surface area contributed by atoms with Crippen LogP contribution in [-0.4, -0.2) is 34.4 Å². The third-order valence-corrected chi connectivity index (χ3v) is 7.82. The first-order chi connectivity index (χ1) is 17.9. The minimum Gasteiger partial charge on any atom is -0.335 e. The number of hydrogen-bond acceptors (Lipinski definition) is 3. The minimum atomic E-state index is 0.0208. The van der Waals surface area contributed by atoms with Gasteiger partial charge >= 0.3 is 0 Å². The molecule has 0 aliphatic carbocycles. The Balaban J connectivity index is 1.37. The van der Waals surface area contributed by atoms with Crippen molar-refractivity contribution >= 4 is 40.0 Å². The Bertz CT molecular complexity index is 1410. The summed E-state index contributed by atoms with van der Waals surface area (Å²) in [5, 5.41) is 6.20. The van der Waals surface area contributed by atoms with Gasteiger partial charge in [-0.3, -0.25) is 9.78 Å². The highest BCUT2D eigenvalue weighted by Crippen LogP contribution is 2.29. The fraction of sp³-hybridized carbons (Fsp3) is 0.290. The quantitative estimate of drug-likeness (QED) is 0.287. The van der Waals surface area contributed by atoms with Gasteiger partial charge in [-0.2, -0.15) is 0 Å². The van der Waals surface area contributed by atoms with Gasteiger partial charge in [-0.05, 0) is 80.6 Å². The molecule has 1 amide bonds. The molecule has 4 nitrogen and oxygen atoms in total. The molecule has 0 spiro atoms. The van der Waals surface area contributed by atoms with E-state index in [0.717, 1.165) is 47.2 Å². The van der Waals surface area contributed by atoms with Gasteiger partial charge in [-0.25, -0.2) is 0 Å². The average Bonchev–Trinajstić information content (AvgIpc) is 2.88. The Morgan fingerprint density at radius 3 is 2.57 bits per heavy atom. The van der Waals surface area contributed by atoms with E-state index >= 15 is 0 Å². The number of nitrogens with one attached hydrogen (secondary N) is 1. The highest BCUT2D eigenvalue weighted by atomic mass is 35.5. The Morgan fingerprint density at radius 1 is 1.00 bits per heavy atom.